The van der Waals surface area contributed by atoms with Gasteiger partial charge in [-0.1, -0.05) is 0 Å². The van der Waals surface area contributed by atoms with Gasteiger partial charge in [-0.15, -0.1) is 0 Å². The lowest BCUT2D eigenvalue weighted by molar-refractivity contribution is -0.736. The summed E-state index contributed by atoms with van der Waals surface area (Å²) in [5.74, 6) is -2.03. The Labute approximate surface area is 162 Å². The summed E-state index contributed by atoms with van der Waals surface area (Å²) in [6, 6.07) is 3.08. The SMILES string of the molecule is CCOC(=O)C1=[N+]([O-])OC(C(=O)OCC)C1c1c(OC)cc(OC)cc1OC. The highest BCUT2D eigenvalue weighted by molar-refractivity contribution is 6.37. The van der Waals surface area contributed by atoms with Crippen molar-refractivity contribution in [3.8, 4) is 17.2 Å². The molecule has 1 aromatic rings. The van der Waals surface area contributed by atoms with Crippen LogP contribution < -0.4 is 14.2 Å². The van der Waals surface area contributed by atoms with E-state index in [-0.39, 0.29) is 35.2 Å². The normalized spacial score (nSPS) is 18.3. The quantitative estimate of drug-likeness (QED) is 0.471. The van der Waals surface area contributed by atoms with Crippen molar-refractivity contribution in [3.63, 3.8) is 0 Å². The van der Waals surface area contributed by atoms with E-state index >= 15 is 0 Å². The minimum absolute atomic E-state index is 0.0205. The maximum atomic E-state index is 12.4. The number of rotatable bonds is 8. The number of hydrogen-bond acceptors (Lipinski definition) is 9. The third-order valence-corrected chi connectivity index (χ3v) is 4.07. The number of hydrogen-bond donors (Lipinski definition) is 0. The average molecular weight is 397 g/mol. The van der Waals surface area contributed by atoms with E-state index in [0.29, 0.717) is 5.75 Å². The number of benzene rings is 1. The Bertz CT molecular complexity index is 749. The van der Waals surface area contributed by atoms with Crippen LogP contribution in [0.4, 0.5) is 0 Å². The average Bonchev–Trinajstić information content (AvgIpc) is 3.03. The highest BCUT2D eigenvalue weighted by Gasteiger charge is 2.52. The molecule has 1 aliphatic heterocycles. The molecule has 10 heteroatoms. The first kappa shape index (κ1) is 21.1. The maximum Gasteiger partial charge on any atom is 0.405 e. The molecule has 0 saturated carbocycles. The summed E-state index contributed by atoms with van der Waals surface area (Å²) in [4.78, 5) is 30.0. The zero-order chi connectivity index (χ0) is 20.8. The first-order chi connectivity index (χ1) is 13.4. The molecule has 0 aromatic heterocycles. The lowest BCUT2D eigenvalue weighted by Crippen LogP contribution is -2.35. The Morgan fingerprint density at radius 1 is 1.04 bits per heavy atom. The van der Waals surface area contributed by atoms with E-state index in [1.165, 1.54) is 33.5 Å². The van der Waals surface area contributed by atoms with Crippen LogP contribution >= 0.6 is 0 Å². The molecule has 2 unspecified atom stereocenters. The predicted octanol–water partition coefficient (Wildman–Crippen LogP) is 1.19. The lowest BCUT2D eigenvalue weighted by atomic mass is 9.87. The van der Waals surface area contributed by atoms with Gasteiger partial charge >= 0.3 is 17.7 Å². The number of carbonyl (C=O) groups is 2. The molecule has 0 N–H and O–H groups in total. The molecule has 28 heavy (non-hydrogen) atoms. The fourth-order valence-corrected chi connectivity index (χ4v) is 2.92. The molecule has 0 bridgehead atoms. The second-order valence-electron chi connectivity index (χ2n) is 5.56. The number of nitrogens with zero attached hydrogens (tertiary/aromatic N) is 1. The van der Waals surface area contributed by atoms with E-state index in [4.69, 9.17) is 28.5 Å². The second-order valence-corrected chi connectivity index (χ2v) is 5.56. The summed E-state index contributed by atoms with van der Waals surface area (Å²) in [7, 11) is 4.25. The van der Waals surface area contributed by atoms with Crippen LogP contribution in [0.15, 0.2) is 12.1 Å². The zero-order valence-corrected chi connectivity index (χ0v) is 16.3. The van der Waals surface area contributed by atoms with Gasteiger partial charge in [-0.05, 0) is 13.8 Å². The molecular weight excluding hydrogens is 374 g/mol. The van der Waals surface area contributed by atoms with Crippen LogP contribution in [-0.2, 0) is 23.9 Å². The molecule has 0 spiro atoms. The van der Waals surface area contributed by atoms with E-state index in [1.807, 2.05) is 0 Å². The first-order valence-corrected chi connectivity index (χ1v) is 8.57. The summed E-state index contributed by atoms with van der Waals surface area (Å²) in [5.41, 5.74) is -0.160. The molecule has 1 heterocycles. The van der Waals surface area contributed by atoms with Crippen molar-refractivity contribution in [2.45, 2.75) is 25.9 Å². The molecule has 0 radical (unpaired) electrons. The van der Waals surface area contributed by atoms with Gasteiger partial charge in [0, 0.05) is 12.1 Å². The van der Waals surface area contributed by atoms with Gasteiger partial charge in [-0.2, -0.15) is 0 Å². The van der Waals surface area contributed by atoms with Gasteiger partial charge in [0.2, 0.25) is 0 Å². The Morgan fingerprint density at radius 3 is 2.07 bits per heavy atom. The summed E-state index contributed by atoms with van der Waals surface area (Å²) in [6.07, 6.45) is -1.42. The smallest absolute Gasteiger partial charge is 0.405 e. The molecule has 154 valence electrons. The summed E-state index contributed by atoms with van der Waals surface area (Å²) < 4.78 is 26.0. The van der Waals surface area contributed by atoms with Crippen LogP contribution in [0, 0.1) is 5.21 Å². The van der Waals surface area contributed by atoms with Crippen molar-refractivity contribution in [1.82, 2.24) is 0 Å². The molecule has 2 atom stereocenters. The van der Waals surface area contributed by atoms with E-state index in [1.54, 1.807) is 13.8 Å². The van der Waals surface area contributed by atoms with Crippen LogP contribution in [0.3, 0.4) is 0 Å². The lowest BCUT2D eigenvalue weighted by Gasteiger charge is -2.22. The first-order valence-electron chi connectivity index (χ1n) is 8.57. The molecule has 0 amide bonds. The molecule has 1 aromatic carbocycles. The van der Waals surface area contributed by atoms with Crippen molar-refractivity contribution < 1.29 is 43.0 Å². The minimum Gasteiger partial charge on any atom is -0.496 e. The third-order valence-electron chi connectivity index (χ3n) is 4.07. The molecule has 0 saturated heterocycles. The van der Waals surface area contributed by atoms with Gasteiger partial charge in [-0.3, -0.25) is 10.0 Å². The Kier molecular flexibility index (Phi) is 6.91. The van der Waals surface area contributed by atoms with Gasteiger partial charge in [-0.25, -0.2) is 4.79 Å². The van der Waals surface area contributed by atoms with E-state index in [0.717, 1.165) is 0 Å². The van der Waals surface area contributed by atoms with Gasteiger partial charge < -0.3 is 28.5 Å². The topological polar surface area (TPSA) is 116 Å². The molecule has 0 fully saturated rings. The van der Waals surface area contributed by atoms with Crippen LogP contribution in [0.5, 0.6) is 17.2 Å². The molecule has 10 nitrogen and oxygen atoms in total. The monoisotopic (exact) mass is 397 g/mol. The van der Waals surface area contributed by atoms with Crippen molar-refractivity contribution in [2.75, 3.05) is 34.5 Å². The molecule has 0 aliphatic carbocycles. The van der Waals surface area contributed by atoms with E-state index < -0.39 is 29.7 Å². The largest absolute Gasteiger partial charge is 0.496 e. The molecule has 2 rings (SSSR count). The van der Waals surface area contributed by atoms with Crippen LogP contribution in [-0.4, -0.2) is 63.2 Å². The van der Waals surface area contributed by atoms with Crippen LogP contribution in [0.2, 0.25) is 0 Å². The Balaban J connectivity index is 2.70. The van der Waals surface area contributed by atoms with Crippen LogP contribution in [0.25, 0.3) is 0 Å². The van der Waals surface area contributed by atoms with Gasteiger partial charge in [0.1, 0.15) is 23.2 Å². The highest BCUT2D eigenvalue weighted by Crippen LogP contribution is 2.43. The van der Waals surface area contributed by atoms with E-state index in [9.17, 15) is 14.8 Å². The highest BCUT2D eigenvalue weighted by atomic mass is 16.9. The summed E-state index contributed by atoms with van der Waals surface area (Å²) in [5, 5.41) is 12.4. The predicted molar refractivity (Wildman–Crippen MR) is 95.6 cm³/mol. The van der Waals surface area contributed by atoms with Crippen molar-refractivity contribution in [2.24, 2.45) is 0 Å². The number of methoxy groups -OCH3 is 3. The van der Waals surface area contributed by atoms with E-state index in [2.05, 4.69) is 0 Å². The standard InChI is InChI=1S/C18H23NO9/c1-6-26-17(20)15-14(16(28-19(15)22)18(21)27-7-2)13-11(24-4)8-10(23-3)9-12(13)25-5/h8-9,14,16H,6-7H2,1-5H3. The van der Waals surface area contributed by atoms with Crippen LogP contribution in [0.1, 0.15) is 25.3 Å². The summed E-state index contributed by atoms with van der Waals surface area (Å²) >= 11 is 0. The maximum absolute atomic E-state index is 12.4. The minimum atomic E-state index is -1.42. The van der Waals surface area contributed by atoms with Gasteiger partial charge in [0.25, 0.3) is 0 Å². The third kappa shape index (κ3) is 3.90. The Morgan fingerprint density at radius 2 is 1.61 bits per heavy atom. The number of ether oxygens (including phenoxy) is 5. The Hall–Kier alpha value is -3.17. The molecular formula is C18H23NO9. The fraction of sp³-hybridized carbons (Fsp3) is 0.500. The number of carbonyl (C=O) groups excluding carboxylic acids is 2. The van der Waals surface area contributed by atoms with Gasteiger partial charge in [0.05, 0.1) is 45.0 Å². The number of esters is 2. The van der Waals surface area contributed by atoms with Crippen molar-refractivity contribution >= 4 is 17.7 Å². The fourth-order valence-electron chi connectivity index (χ4n) is 2.92. The van der Waals surface area contributed by atoms with Crippen molar-refractivity contribution in [3.05, 3.63) is 22.9 Å². The van der Waals surface area contributed by atoms with Crippen molar-refractivity contribution in [1.29, 1.82) is 0 Å². The second kappa shape index (κ2) is 9.16. The summed E-state index contributed by atoms with van der Waals surface area (Å²) in [6.45, 7) is 3.30. The van der Waals surface area contributed by atoms with Gasteiger partial charge in [0.15, 0.2) is 6.10 Å². The zero-order valence-electron chi connectivity index (χ0n) is 16.3. The molecule has 1 aliphatic rings.